The Kier molecular flexibility index (Phi) is 9.15. The maximum absolute atomic E-state index is 12.8. The molecule has 2 N–H and O–H groups in total. The molecule has 1 heterocycles. The molecule has 1 aliphatic rings. The molecule has 1 aromatic carbocycles. The molecule has 1 aliphatic heterocycles. The number of nitrogens with zero attached hydrogens (tertiary/aromatic N) is 1. The molecule has 166 valence electrons. The molecule has 1 fully saturated rings. The zero-order valence-corrected chi connectivity index (χ0v) is 18.6. The van der Waals surface area contributed by atoms with Gasteiger partial charge in [0, 0.05) is 31.6 Å². The fraction of sp³-hybridized carbons (Fsp3) is 0.609. The standard InChI is InChI=1S/C23H35N3O4/c1-5-11-24-23(29)21(25-22(28)18-7-6-8-19(15-18)30-4)17-9-12-26(13-10-17)20(27)14-16(2)3/h6-8,15-17,21H,5,9-14H2,1-4H3,(H,24,29)(H,25,28)/t21-/m1/s1. The number of hydrogen-bond acceptors (Lipinski definition) is 4. The number of hydrogen-bond donors (Lipinski definition) is 2. The number of amides is 3. The molecule has 1 saturated heterocycles. The second-order valence-electron chi connectivity index (χ2n) is 8.29. The van der Waals surface area contributed by atoms with E-state index in [1.54, 1.807) is 31.4 Å². The second-order valence-corrected chi connectivity index (χ2v) is 8.29. The van der Waals surface area contributed by atoms with Crippen molar-refractivity contribution >= 4 is 17.7 Å². The van der Waals surface area contributed by atoms with E-state index in [1.165, 1.54) is 0 Å². The summed E-state index contributed by atoms with van der Waals surface area (Å²) in [4.78, 5) is 39.9. The van der Waals surface area contributed by atoms with E-state index in [0.717, 1.165) is 6.42 Å². The van der Waals surface area contributed by atoms with Gasteiger partial charge in [0.1, 0.15) is 11.8 Å². The van der Waals surface area contributed by atoms with Crippen LogP contribution in [0.2, 0.25) is 0 Å². The molecular weight excluding hydrogens is 382 g/mol. The lowest BCUT2D eigenvalue weighted by atomic mass is 9.88. The van der Waals surface area contributed by atoms with Gasteiger partial charge in [-0.3, -0.25) is 14.4 Å². The Morgan fingerprint density at radius 2 is 1.90 bits per heavy atom. The summed E-state index contributed by atoms with van der Waals surface area (Å²) in [5.41, 5.74) is 0.451. The first kappa shape index (κ1) is 23.7. The van der Waals surface area contributed by atoms with Crippen LogP contribution in [0.5, 0.6) is 5.75 Å². The van der Waals surface area contributed by atoms with Gasteiger partial charge in [-0.1, -0.05) is 26.8 Å². The van der Waals surface area contributed by atoms with Gasteiger partial charge in [-0.05, 0) is 49.3 Å². The molecule has 0 unspecified atom stereocenters. The van der Waals surface area contributed by atoms with Crippen LogP contribution in [0.4, 0.5) is 0 Å². The maximum Gasteiger partial charge on any atom is 0.252 e. The van der Waals surface area contributed by atoms with E-state index in [2.05, 4.69) is 10.6 Å². The van der Waals surface area contributed by atoms with Crippen molar-refractivity contribution in [2.45, 2.75) is 52.5 Å². The van der Waals surface area contributed by atoms with Gasteiger partial charge >= 0.3 is 0 Å². The second kappa shape index (κ2) is 11.6. The molecule has 0 radical (unpaired) electrons. The summed E-state index contributed by atoms with van der Waals surface area (Å²) in [6.45, 7) is 7.85. The molecular formula is C23H35N3O4. The van der Waals surface area contributed by atoms with Gasteiger partial charge in [-0.15, -0.1) is 0 Å². The van der Waals surface area contributed by atoms with Crippen LogP contribution in [0.1, 0.15) is 56.8 Å². The molecule has 0 aromatic heterocycles. The van der Waals surface area contributed by atoms with Crippen molar-refractivity contribution in [2.24, 2.45) is 11.8 Å². The zero-order valence-electron chi connectivity index (χ0n) is 18.6. The zero-order chi connectivity index (χ0) is 22.1. The summed E-state index contributed by atoms with van der Waals surface area (Å²) < 4.78 is 5.19. The van der Waals surface area contributed by atoms with E-state index >= 15 is 0 Å². The third-order valence-electron chi connectivity index (χ3n) is 5.40. The smallest absolute Gasteiger partial charge is 0.252 e. The van der Waals surface area contributed by atoms with Crippen LogP contribution in [0.15, 0.2) is 24.3 Å². The van der Waals surface area contributed by atoms with E-state index in [1.807, 2.05) is 25.7 Å². The van der Waals surface area contributed by atoms with Gasteiger partial charge in [-0.2, -0.15) is 0 Å². The minimum atomic E-state index is -0.627. The Hall–Kier alpha value is -2.57. The Bertz CT molecular complexity index is 727. The van der Waals surface area contributed by atoms with Crippen molar-refractivity contribution < 1.29 is 19.1 Å². The van der Waals surface area contributed by atoms with E-state index in [-0.39, 0.29) is 23.6 Å². The number of likely N-dealkylation sites (tertiary alicyclic amines) is 1. The van der Waals surface area contributed by atoms with E-state index in [4.69, 9.17) is 4.74 Å². The topological polar surface area (TPSA) is 87.7 Å². The van der Waals surface area contributed by atoms with Gasteiger partial charge in [0.25, 0.3) is 5.91 Å². The number of ether oxygens (including phenoxy) is 1. The number of carbonyl (C=O) groups excluding carboxylic acids is 3. The van der Waals surface area contributed by atoms with Crippen LogP contribution in [0, 0.1) is 11.8 Å². The average molecular weight is 418 g/mol. The van der Waals surface area contributed by atoms with E-state index in [9.17, 15) is 14.4 Å². The SMILES string of the molecule is CCCNC(=O)[C@H](NC(=O)c1cccc(OC)c1)C1CCN(C(=O)CC(C)C)CC1. The predicted octanol–water partition coefficient (Wildman–Crippen LogP) is 2.60. The van der Waals surface area contributed by atoms with Gasteiger partial charge < -0.3 is 20.3 Å². The molecule has 0 bridgehead atoms. The summed E-state index contributed by atoms with van der Waals surface area (Å²) >= 11 is 0. The first-order chi connectivity index (χ1) is 14.3. The molecule has 30 heavy (non-hydrogen) atoms. The molecule has 0 saturated carbocycles. The highest BCUT2D eigenvalue weighted by atomic mass is 16.5. The molecule has 0 spiro atoms. The number of piperidine rings is 1. The van der Waals surface area contributed by atoms with Gasteiger partial charge in [0.05, 0.1) is 7.11 Å². The quantitative estimate of drug-likeness (QED) is 0.647. The monoisotopic (exact) mass is 417 g/mol. The van der Waals surface area contributed by atoms with Crippen LogP contribution in [-0.4, -0.2) is 55.4 Å². The Morgan fingerprint density at radius 1 is 1.20 bits per heavy atom. The highest BCUT2D eigenvalue weighted by molar-refractivity contribution is 5.98. The number of rotatable bonds is 9. The van der Waals surface area contributed by atoms with Crippen molar-refractivity contribution in [2.75, 3.05) is 26.7 Å². The number of benzene rings is 1. The summed E-state index contributed by atoms with van der Waals surface area (Å²) in [5, 5.41) is 5.84. The van der Waals surface area contributed by atoms with Crippen molar-refractivity contribution in [3.05, 3.63) is 29.8 Å². The molecule has 7 nitrogen and oxygen atoms in total. The van der Waals surface area contributed by atoms with Gasteiger partial charge in [0.15, 0.2) is 0 Å². The van der Waals surface area contributed by atoms with Crippen LogP contribution in [0.25, 0.3) is 0 Å². The van der Waals surface area contributed by atoms with Crippen molar-refractivity contribution in [3.63, 3.8) is 0 Å². The maximum atomic E-state index is 12.8. The van der Waals surface area contributed by atoms with E-state index < -0.39 is 6.04 Å². The highest BCUT2D eigenvalue weighted by Gasteiger charge is 2.34. The molecule has 2 rings (SSSR count). The van der Waals surface area contributed by atoms with E-state index in [0.29, 0.717) is 56.1 Å². The summed E-state index contributed by atoms with van der Waals surface area (Å²) in [6, 6.07) is 6.25. The lowest BCUT2D eigenvalue weighted by molar-refractivity contribution is -0.133. The highest BCUT2D eigenvalue weighted by Crippen LogP contribution is 2.23. The summed E-state index contributed by atoms with van der Waals surface area (Å²) in [7, 11) is 1.55. The van der Waals surface area contributed by atoms with Gasteiger partial charge in [0.2, 0.25) is 11.8 Å². The Morgan fingerprint density at radius 3 is 2.50 bits per heavy atom. The molecule has 1 aromatic rings. The third kappa shape index (κ3) is 6.75. The fourth-order valence-corrected chi connectivity index (χ4v) is 3.71. The van der Waals surface area contributed by atoms with Crippen molar-refractivity contribution in [1.82, 2.24) is 15.5 Å². The molecule has 3 amide bonds. The largest absolute Gasteiger partial charge is 0.497 e. The minimum Gasteiger partial charge on any atom is -0.497 e. The molecule has 1 atom stereocenters. The first-order valence-corrected chi connectivity index (χ1v) is 10.9. The average Bonchev–Trinajstić information content (AvgIpc) is 2.75. The number of carbonyl (C=O) groups is 3. The van der Waals surface area contributed by atoms with Crippen LogP contribution >= 0.6 is 0 Å². The molecule has 0 aliphatic carbocycles. The normalized spacial score (nSPS) is 15.6. The fourth-order valence-electron chi connectivity index (χ4n) is 3.71. The number of nitrogens with one attached hydrogen (secondary N) is 2. The predicted molar refractivity (Wildman–Crippen MR) is 116 cm³/mol. The van der Waals surface area contributed by atoms with Crippen LogP contribution < -0.4 is 15.4 Å². The lowest BCUT2D eigenvalue weighted by Gasteiger charge is -2.36. The van der Waals surface area contributed by atoms with Crippen LogP contribution in [0.3, 0.4) is 0 Å². The summed E-state index contributed by atoms with van der Waals surface area (Å²) in [6.07, 6.45) is 2.74. The van der Waals surface area contributed by atoms with Gasteiger partial charge in [-0.25, -0.2) is 0 Å². The molecule has 7 heteroatoms. The minimum absolute atomic E-state index is 0.0143. The summed E-state index contributed by atoms with van der Waals surface area (Å²) in [5.74, 6) is 0.593. The lowest BCUT2D eigenvalue weighted by Crippen LogP contribution is -2.54. The van der Waals surface area contributed by atoms with Crippen molar-refractivity contribution in [1.29, 1.82) is 0 Å². The first-order valence-electron chi connectivity index (χ1n) is 10.9. The number of methoxy groups -OCH3 is 1. The third-order valence-corrected chi connectivity index (χ3v) is 5.40. The van der Waals surface area contributed by atoms with Crippen molar-refractivity contribution in [3.8, 4) is 5.75 Å². The Labute approximate surface area is 179 Å². The van der Waals surface area contributed by atoms with Crippen LogP contribution in [-0.2, 0) is 9.59 Å². The Balaban J connectivity index is 2.07.